The maximum absolute atomic E-state index is 11.5. The highest BCUT2D eigenvalue weighted by atomic mass is 35.5. The number of amides is 1. The predicted octanol–water partition coefficient (Wildman–Crippen LogP) is 1.92. The summed E-state index contributed by atoms with van der Waals surface area (Å²) in [5.41, 5.74) is -0.367. The molecular weight excluding hydrogens is 174 g/mol. The summed E-state index contributed by atoms with van der Waals surface area (Å²) in [6.45, 7) is 5.73. The summed E-state index contributed by atoms with van der Waals surface area (Å²) in [5, 5.41) is 2.99. The monoisotopic (exact) mass is 189 g/mol. The second-order valence-corrected chi connectivity index (χ2v) is 4.89. The molecular formula is C9H16ClNO. The van der Waals surface area contributed by atoms with Crippen LogP contribution in [-0.2, 0) is 4.79 Å². The van der Waals surface area contributed by atoms with Crippen molar-refractivity contribution in [2.45, 2.75) is 39.2 Å². The van der Waals surface area contributed by atoms with Crippen LogP contribution in [0.2, 0.25) is 0 Å². The van der Waals surface area contributed by atoms with Gasteiger partial charge in [-0.05, 0) is 12.8 Å². The van der Waals surface area contributed by atoms with Gasteiger partial charge in [-0.1, -0.05) is 20.8 Å². The van der Waals surface area contributed by atoms with Crippen molar-refractivity contribution in [2.24, 2.45) is 5.41 Å². The molecule has 1 N–H and O–H groups in total. The summed E-state index contributed by atoms with van der Waals surface area (Å²) in [6.07, 6.45) is 2.05. The summed E-state index contributed by atoms with van der Waals surface area (Å²) in [4.78, 5) is 11.5. The van der Waals surface area contributed by atoms with Crippen LogP contribution in [0.1, 0.15) is 33.6 Å². The molecule has 0 aromatic rings. The number of carbonyl (C=O) groups is 1. The smallest absolute Gasteiger partial charge is 0.225 e. The van der Waals surface area contributed by atoms with Gasteiger partial charge < -0.3 is 5.32 Å². The molecule has 3 heteroatoms. The van der Waals surface area contributed by atoms with Crippen LogP contribution in [0, 0.1) is 5.41 Å². The number of halogens is 1. The average molecular weight is 190 g/mol. The van der Waals surface area contributed by atoms with Gasteiger partial charge in [0.1, 0.15) is 0 Å². The predicted molar refractivity (Wildman–Crippen MR) is 50.3 cm³/mol. The van der Waals surface area contributed by atoms with Crippen molar-refractivity contribution in [1.82, 2.24) is 5.32 Å². The van der Waals surface area contributed by atoms with E-state index in [1.54, 1.807) is 0 Å². The number of carbonyl (C=O) groups excluding carboxylic acids is 1. The second kappa shape index (κ2) is 2.91. The molecule has 1 fully saturated rings. The first-order chi connectivity index (χ1) is 5.40. The molecule has 1 amide bonds. The van der Waals surface area contributed by atoms with Crippen molar-refractivity contribution in [1.29, 1.82) is 0 Å². The minimum absolute atomic E-state index is 0.0636. The van der Waals surface area contributed by atoms with E-state index < -0.39 is 0 Å². The lowest BCUT2D eigenvalue weighted by atomic mass is 9.95. The Hall–Kier alpha value is -0.240. The molecule has 0 spiro atoms. The first-order valence-corrected chi connectivity index (χ1v) is 4.82. The van der Waals surface area contributed by atoms with Crippen molar-refractivity contribution in [2.75, 3.05) is 5.88 Å². The number of nitrogens with one attached hydrogen (secondary N) is 1. The summed E-state index contributed by atoms with van der Waals surface area (Å²) in [7, 11) is 0. The van der Waals surface area contributed by atoms with Crippen LogP contribution in [0.4, 0.5) is 0 Å². The summed E-state index contributed by atoms with van der Waals surface area (Å²) < 4.78 is 0. The molecule has 2 nitrogen and oxygen atoms in total. The third-order valence-corrected chi connectivity index (χ3v) is 2.68. The lowest BCUT2D eigenvalue weighted by Gasteiger charge is -2.22. The largest absolute Gasteiger partial charge is 0.349 e. The number of hydrogen-bond acceptors (Lipinski definition) is 1. The zero-order valence-corrected chi connectivity index (χ0v) is 8.66. The zero-order chi connectivity index (χ0) is 9.41. The van der Waals surface area contributed by atoms with E-state index in [2.05, 4.69) is 5.32 Å². The summed E-state index contributed by atoms with van der Waals surface area (Å²) in [6, 6.07) is 0. The van der Waals surface area contributed by atoms with Gasteiger partial charge in [-0.2, -0.15) is 0 Å². The SMILES string of the molecule is CC(C)(C)C(=O)NC1(CCl)CC1. The third kappa shape index (κ3) is 2.13. The average Bonchev–Trinajstić information content (AvgIpc) is 2.67. The molecule has 0 aromatic carbocycles. The molecule has 12 heavy (non-hydrogen) atoms. The van der Waals surface area contributed by atoms with Gasteiger partial charge in [0.25, 0.3) is 0 Å². The van der Waals surface area contributed by atoms with Crippen LogP contribution >= 0.6 is 11.6 Å². The molecule has 0 unspecified atom stereocenters. The van der Waals surface area contributed by atoms with Crippen LogP contribution in [0.15, 0.2) is 0 Å². The van der Waals surface area contributed by atoms with Gasteiger partial charge in [0.15, 0.2) is 0 Å². The Morgan fingerprint density at radius 1 is 1.50 bits per heavy atom. The van der Waals surface area contributed by atoms with E-state index in [-0.39, 0.29) is 16.9 Å². The lowest BCUT2D eigenvalue weighted by molar-refractivity contribution is -0.129. The first-order valence-electron chi connectivity index (χ1n) is 4.28. The van der Waals surface area contributed by atoms with Gasteiger partial charge >= 0.3 is 0 Å². The number of alkyl halides is 1. The summed E-state index contributed by atoms with van der Waals surface area (Å²) in [5.74, 6) is 0.634. The fourth-order valence-corrected chi connectivity index (χ4v) is 1.21. The van der Waals surface area contributed by atoms with Crippen LogP contribution < -0.4 is 5.32 Å². The Kier molecular flexibility index (Phi) is 2.39. The van der Waals surface area contributed by atoms with Gasteiger partial charge in [-0.3, -0.25) is 4.79 Å². The highest BCUT2D eigenvalue weighted by Gasteiger charge is 2.44. The molecule has 70 valence electrons. The van der Waals surface area contributed by atoms with Crippen molar-refractivity contribution in [3.05, 3.63) is 0 Å². The molecule has 1 saturated carbocycles. The topological polar surface area (TPSA) is 29.1 Å². The van der Waals surface area contributed by atoms with Gasteiger partial charge in [0.05, 0.1) is 5.54 Å². The van der Waals surface area contributed by atoms with Crippen molar-refractivity contribution in [3.8, 4) is 0 Å². The zero-order valence-electron chi connectivity index (χ0n) is 7.91. The Morgan fingerprint density at radius 3 is 2.25 bits per heavy atom. The molecule has 0 heterocycles. The Labute approximate surface area is 78.7 Å². The molecule has 0 aromatic heterocycles. The Morgan fingerprint density at radius 2 is 2.00 bits per heavy atom. The van der Waals surface area contributed by atoms with E-state index in [9.17, 15) is 4.79 Å². The quantitative estimate of drug-likeness (QED) is 0.661. The molecule has 0 saturated heterocycles. The van der Waals surface area contributed by atoms with E-state index in [1.165, 1.54) is 0 Å². The minimum atomic E-state index is -0.304. The van der Waals surface area contributed by atoms with Crippen LogP contribution in [0.3, 0.4) is 0 Å². The second-order valence-electron chi connectivity index (χ2n) is 4.62. The molecule has 1 rings (SSSR count). The van der Waals surface area contributed by atoms with E-state index >= 15 is 0 Å². The van der Waals surface area contributed by atoms with Gasteiger partial charge in [0, 0.05) is 11.3 Å². The van der Waals surface area contributed by atoms with Crippen LogP contribution in [0.25, 0.3) is 0 Å². The molecule has 1 aliphatic carbocycles. The maximum Gasteiger partial charge on any atom is 0.225 e. The van der Waals surface area contributed by atoms with Crippen molar-refractivity contribution >= 4 is 17.5 Å². The third-order valence-electron chi connectivity index (χ3n) is 2.17. The molecule has 0 bridgehead atoms. The number of rotatable bonds is 2. The molecule has 0 atom stereocenters. The van der Waals surface area contributed by atoms with Crippen LogP contribution in [0.5, 0.6) is 0 Å². The van der Waals surface area contributed by atoms with E-state index in [0.29, 0.717) is 5.88 Å². The van der Waals surface area contributed by atoms with Gasteiger partial charge in [-0.25, -0.2) is 0 Å². The minimum Gasteiger partial charge on any atom is -0.349 e. The van der Waals surface area contributed by atoms with Crippen molar-refractivity contribution < 1.29 is 4.79 Å². The molecule has 0 radical (unpaired) electrons. The highest BCUT2D eigenvalue weighted by molar-refractivity contribution is 6.19. The molecule has 1 aliphatic rings. The summed E-state index contributed by atoms with van der Waals surface area (Å²) >= 11 is 5.74. The standard InChI is InChI=1S/C9H16ClNO/c1-8(2,3)7(12)11-9(6-10)4-5-9/h4-6H2,1-3H3,(H,11,12). The fourth-order valence-electron chi connectivity index (χ4n) is 0.871. The Balaban J connectivity index is 2.47. The van der Waals surface area contributed by atoms with Gasteiger partial charge in [0.2, 0.25) is 5.91 Å². The maximum atomic E-state index is 11.5. The van der Waals surface area contributed by atoms with Crippen LogP contribution in [-0.4, -0.2) is 17.3 Å². The highest BCUT2D eigenvalue weighted by Crippen LogP contribution is 2.37. The van der Waals surface area contributed by atoms with E-state index in [4.69, 9.17) is 11.6 Å². The van der Waals surface area contributed by atoms with Gasteiger partial charge in [-0.15, -0.1) is 11.6 Å². The van der Waals surface area contributed by atoms with E-state index in [0.717, 1.165) is 12.8 Å². The lowest BCUT2D eigenvalue weighted by Crippen LogP contribution is -2.44. The number of hydrogen-bond donors (Lipinski definition) is 1. The fraction of sp³-hybridized carbons (Fsp3) is 0.889. The molecule has 0 aliphatic heterocycles. The van der Waals surface area contributed by atoms with E-state index in [1.807, 2.05) is 20.8 Å². The van der Waals surface area contributed by atoms with Crippen molar-refractivity contribution in [3.63, 3.8) is 0 Å². The first kappa shape index (κ1) is 9.85. The Bertz CT molecular complexity index is 191. The normalized spacial score (nSPS) is 20.3.